The molecule has 24 heavy (non-hydrogen) atoms. The van der Waals surface area contributed by atoms with Crippen LogP contribution in [0.1, 0.15) is 6.92 Å². The molecule has 0 aromatic heterocycles. The summed E-state index contributed by atoms with van der Waals surface area (Å²) in [6.07, 6.45) is -0.611. The lowest BCUT2D eigenvalue weighted by Gasteiger charge is -2.25. The van der Waals surface area contributed by atoms with E-state index in [0.29, 0.717) is 11.4 Å². The molecule has 0 saturated carbocycles. The van der Waals surface area contributed by atoms with Crippen LogP contribution in [-0.2, 0) is 24.3 Å². The molecule has 8 nitrogen and oxygen atoms in total. The zero-order valence-electron chi connectivity index (χ0n) is 13.9. The van der Waals surface area contributed by atoms with Gasteiger partial charge in [-0.15, -0.1) is 0 Å². The average molecular weight is 358 g/mol. The molecule has 1 aliphatic rings. The third-order valence-electron chi connectivity index (χ3n) is 3.61. The summed E-state index contributed by atoms with van der Waals surface area (Å²) in [4.78, 5) is 11.8. The Morgan fingerprint density at radius 2 is 1.83 bits per heavy atom. The summed E-state index contributed by atoms with van der Waals surface area (Å²) in [5.41, 5.74) is 0.345. The first-order valence-electron chi connectivity index (χ1n) is 7.49. The normalized spacial score (nSPS) is 17.3. The highest BCUT2D eigenvalue weighted by Gasteiger charge is 2.28. The highest BCUT2D eigenvalue weighted by molar-refractivity contribution is 7.89. The van der Waals surface area contributed by atoms with Crippen molar-refractivity contribution < 1.29 is 27.4 Å². The van der Waals surface area contributed by atoms with Crippen molar-refractivity contribution in [3.8, 4) is 5.75 Å². The molecule has 1 aromatic rings. The molecule has 1 aliphatic heterocycles. The highest BCUT2D eigenvalue weighted by Crippen LogP contribution is 2.32. The smallest absolute Gasteiger partial charge is 0.265 e. The summed E-state index contributed by atoms with van der Waals surface area (Å²) in [5.74, 6) is 0.133. The molecule has 0 fully saturated rings. The Labute approximate surface area is 141 Å². The molecule has 2 rings (SSSR count). The molecule has 1 amide bonds. The predicted octanol–water partition coefficient (Wildman–Crippen LogP) is 0.689. The van der Waals surface area contributed by atoms with E-state index in [2.05, 4.69) is 5.32 Å². The van der Waals surface area contributed by atoms with Crippen molar-refractivity contribution in [2.45, 2.75) is 17.9 Å². The molecule has 0 spiro atoms. The number of fused-ring (bicyclic) bond motifs is 1. The molecule has 1 atom stereocenters. The third-order valence-corrected chi connectivity index (χ3v) is 5.50. The second-order valence-electron chi connectivity index (χ2n) is 5.30. The second-order valence-corrected chi connectivity index (χ2v) is 7.23. The molecule has 134 valence electrons. The number of nitrogens with zero attached hydrogens (tertiary/aromatic N) is 1. The lowest BCUT2D eigenvalue weighted by molar-refractivity contribution is -0.122. The fourth-order valence-electron chi connectivity index (χ4n) is 2.24. The number of carbonyl (C=O) groups excluding carboxylic acids is 1. The summed E-state index contributed by atoms with van der Waals surface area (Å²) >= 11 is 0. The maximum absolute atomic E-state index is 12.8. The Hall–Kier alpha value is -1.68. The number of hydrogen-bond acceptors (Lipinski definition) is 6. The topological polar surface area (TPSA) is 94.2 Å². The first-order chi connectivity index (χ1) is 11.4. The van der Waals surface area contributed by atoms with Crippen LogP contribution in [0.15, 0.2) is 23.1 Å². The minimum atomic E-state index is -3.74. The quantitative estimate of drug-likeness (QED) is 0.735. The lowest BCUT2D eigenvalue weighted by atomic mass is 10.2. The van der Waals surface area contributed by atoms with E-state index in [-0.39, 0.29) is 37.1 Å². The van der Waals surface area contributed by atoms with Crippen LogP contribution < -0.4 is 10.1 Å². The van der Waals surface area contributed by atoms with Gasteiger partial charge in [0, 0.05) is 27.3 Å². The minimum absolute atomic E-state index is 0.0758. The molecule has 0 bridgehead atoms. The third kappa shape index (κ3) is 4.04. The minimum Gasteiger partial charge on any atom is -0.479 e. The fraction of sp³-hybridized carbons (Fsp3) is 0.533. The summed E-state index contributed by atoms with van der Waals surface area (Å²) in [6, 6.07) is 4.41. The maximum atomic E-state index is 12.8. The van der Waals surface area contributed by atoms with Gasteiger partial charge in [-0.3, -0.25) is 4.79 Å². The number of hydrogen-bond donors (Lipinski definition) is 1. The summed E-state index contributed by atoms with van der Waals surface area (Å²) in [7, 11) is -0.728. The van der Waals surface area contributed by atoms with E-state index in [1.807, 2.05) is 0 Å². The Morgan fingerprint density at radius 1 is 1.21 bits per heavy atom. The van der Waals surface area contributed by atoms with E-state index >= 15 is 0 Å². The molecule has 0 saturated heterocycles. The van der Waals surface area contributed by atoms with Gasteiger partial charge in [0.15, 0.2) is 6.10 Å². The molecular formula is C15H22N2O6S. The zero-order chi connectivity index (χ0) is 17.7. The Kier molecular flexibility index (Phi) is 6.16. The molecular weight excluding hydrogens is 336 g/mol. The molecule has 1 N–H and O–H groups in total. The first-order valence-corrected chi connectivity index (χ1v) is 8.93. The molecule has 1 aromatic carbocycles. The molecule has 0 aliphatic carbocycles. The van der Waals surface area contributed by atoms with Crippen LogP contribution in [0.2, 0.25) is 0 Å². The number of sulfonamides is 1. The number of amides is 1. The van der Waals surface area contributed by atoms with E-state index in [9.17, 15) is 13.2 Å². The first kappa shape index (κ1) is 18.7. The standard InChI is InChI=1S/C15H22N2O6S/c1-11-15(18)16-13-10-12(4-5-14(13)23-11)24(19,20)17(6-8-21-2)7-9-22-3/h4-5,10-11H,6-9H2,1-3H3,(H,16,18)/t11-/m1/s1. The fourth-order valence-corrected chi connectivity index (χ4v) is 3.67. The van der Waals surface area contributed by atoms with E-state index in [1.54, 1.807) is 13.0 Å². The Bertz CT molecular complexity index is 683. The van der Waals surface area contributed by atoms with Crippen molar-refractivity contribution in [3.63, 3.8) is 0 Å². The van der Waals surface area contributed by atoms with Crippen molar-refractivity contribution in [2.24, 2.45) is 0 Å². The van der Waals surface area contributed by atoms with Crippen LogP contribution in [0.5, 0.6) is 5.75 Å². The van der Waals surface area contributed by atoms with Gasteiger partial charge in [-0.25, -0.2) is 8.42 Å². The molecule has 0 unspecified atom stereocenters. The Balaban J connectivity index is 2.30. The van der Waals surface area contributed by atoms with Gasteiger partial charge in [0.05, 0.1) is 23.8 Å². The van der Waals surface area contributed by atoms with Crippen molar-refractivity contribution in [2.75, 3.05) is 45.8 Å². The lowest BCUT2D eigenvalue weighted by Crippen LogP contribution is -2.37. The molecule has 0 radical (unpaired) electrons. The van der Waals surface area contributed by atoms with Crippen LogP contribution in [0.4, 0.5) is 5.69 Å². The van der Waals surface area contributed by atoms with Crippen molar-refractivity contribution in [1.29, 1.82) is 0 Å². The number of rotatable bonds is 8. The van der Waals surface area contributed by atoms with Gasteiger partial charge in [-0.1, -0.05) is 0 Å². The average Bonchev–Trinajstić information content (AvgIpc) is 2.55. The van der Waals surface area contributed by atoms with Crippen LogP contribution in [0.3, 0.4) is 0 Å². The Morgan fingerprint density at radius 3 is 2.42 bits per heavy atom. The van der Waals surface area contributed by atoms with Gasteiger partial charge in [0.25, 0.3) is 5.91 Å². The van der Waals surface area contributed by atoms with Crippen LogP contribution in [-0.4, -0.2) is 65.3 Å². The van der Waals surface area contributed by atoms with Crippen LogP contribution >= 0.6 is 0 Å². The summed E-state index contributed by atoms with van der Waals surface area (Å²) in [5, 5.41) is 2.65. The zero-order valence-corrected chi connectivity index (χ0v) is 14.8. The molecule has 1 heterocycles. The molecule has 9 heteroatoms. The van der Waals surface area contributed by atoms with Gasteiger partial charge < -0.3 is 19.5 Å². The number of carbonyl (C=O) groups is 1. The monoisotopic (exact) mass is 358 g/mol. The number of ether oxygens (including phenoxy) is 3. The van der Waals surface area contributed by atoms with E-state index < -0.39 is 16.1 Å². The maximum Gasteiger partial charge on any atom is 0.265 e. The van der Waals surface area contributed by atoms with E-state index in [0.717, 1.165) is 0 Å². The van der Waals surface area contributed by atoms with Gasteiger partial charge in [-0.05, 0) is 25.1 Å². The van der Waals surface area contributed by atoms with E-state index in [1.165, 1.54) is 30.7 Å². The predicted molar refractivity (Wildman–Crippen MR) is 87.7 cm³/mol. The van der Waals surface area contributed by atoms with Gasteiger partial charge in [0.1, 0.15) is 5.75 Å². The van der Waals surface area contributed by atoms with E-state index in [4.69, 9.17) is 14.2 Å². The number of nitrogens with one attached hydrogen (secondary N) is 1. The number of anilines is 1. The second kappa shape index (κ2) is 7.93. The van der Waals surface area contributed by atoms with Crippen molar-refractivity contribution in [3.05, 3.63) is 18.2 Å². The van der Waals surface area contributed by atoms with Crippen LogP contribution in [0.25, 0.3) is 0 Å². The van der Waals surface area contributed by atoms with Gasteiger partial charge >= 0.3 is 0 Å². The number of methoxy groups -OCH3 is 2. The summed E-state index contributed by atoms with van der Waals surface area (Å²) < 4.78 is 42.4. The highest BCUT2D eigenvalue weighted by atomic mass is 32.2. The van der Waals surface area contributed by atoms with Crippen LogP contribution in [0, 0.1) is 0 Å². The summed E-state index contributed by atoms with van der Waals surface area (Å²) in [6.45, 7) is 2.58. The largest absolute Gasteiger partial charge is 0.479 e. The number of benzene rings is 1. The SMILES string of the molecule is COCCN(CCOC)S(=O)(=O)c1ccc2c(c1)NC(=O)[C@@H](C)O2. The van der Waals surface area contributed by atoms with Gasteiger partial charge in [0.2, 0.25) is 10.0 Å². The van der Waals surface area contributed by atoms with Crippen molar-refractivity contribution in [1.82, 2.24) is 4.31 Å². The van der Waals surface area contributed by atoms with Gasteiger partial charge in [-0.2, -0.15) is 4.31 Å². The van der Waals surface area contributed by atoms with Crippen molar-refractivity contribution >= 4 is 21.6 Å².